The van der Waals surface area contributed by atoms with Gasteiger partial charge in [0.1, 0.15) is 0 Å². The number of hydrogen-bond acceptors (Lipinski definition) is 4. The Hall–Kier alpha value is -2.50. The summed E-state index contributed by atoms with van der Waals surface area (Å²) in [4.78, 5) is 25.3. The molecule has 1 aliphatic heterocycles. The third-order valence-electron chi connectivity index (χ3n) is 6.26. The predicted molar refractivity (Wildman–Crippen MR) is 124 cm³/mol. The van der Waals surface area contributed by atoms with E-state index in [9.17, 15) is 9.59 Å². The van der Waals surface area contributed by atoms with Crippen molar-refractivity contribution in [3.8, 4) is 0 Å². The highest BCUT2D eigenvalue weighted by Gasteiger charge is 2.33. The second-order valence-corrected chi connectivity index (χ2v) is 8.64. The molecule has 1 aliphatic carbocycles. The van der Waals surface area contributed by atoms with Crippen molar-refractivity contribution in [2.45, 2.75) is 77.7 Å². The van der Waals surface area contributed by atoms with Crippen LogP contribution in [0.5, 0.6) is 0 Å². The number of nitrogens with one attached hydrogen (secondary N) is 3. The molecule has 1 heterocycles. The Balaban J connectivity index is 1.71. The highest BCUT2D eigenvalue weighted by atomic mass is 16.5. The van der Waals surface area contributed by atoms with E-state index in [1.165, 1.54) is 32.1 Å². The molecule has 1 atom stereocenters. The Labute approximate surface area is 186 Å². The first-order valence-corrected chi connectivity index (χ1v) is 11.9. The van der Waals surface area contributed by atoms with Crippen LogP contribution in [0, 0.1) is 5.92 Å². The second kappa shape index (κ2) is 11.8. The van der Waals surface area contributed by atoms with Gasteiger partial charge in [0.25, 0.3) is 0 Å². The molecule has 3 rings (SSSR count). The van der Waals surface area contributed by atoms with Gasteiger partial charge >= 0.3 is 12.0 Å². The highest BCUT2D eigenvalue weighted by molar-refractivity contribution is 5.95. The van der Waals surface area contributed by atoms with E-state index in [1.807, 2.05) is 31.2 Å². The van der Waals surface area contributed by atoms with Gasteiger partial charge in [-0.05, 0) is 49.3 Å². The van der Waals surface area contributed by atoms with Crippen molar-refractivity contribution in [3.05, 3.63) is 41.1 Å². The molecule has 0 spiro atoms. The number of urea groups is 1. The standard InChI is InChI=1S/C25H37N3O3/c1-3-5-9-16-26-20-14-12-19(13-15-20)23-22(21(4-2)27-25(30)28-23)24(29)31-17-18-10-7-6-8-11-18/h12-15,18,23,26H,3-11,16-17H2,1-2H3,(H2,27,28,30). The predicted octanol–water partition coefficient (Wildman–Crippen LogP) is 5.43. The molecule has 6 heteroatoms. The first-order valence-electron chi connectivity index (χ1n) is 11.9. The maximum absolute atomic E-state index is 13.1. The summed E-state index contributed by atoms with van der Waals surface area (Å²) in [5.41, 5.74) is 3.08. The molecule has 2 amide bonds. The Kier molecular flexibility index (Phi) is 8.80. The number of hydrogen-bond donors (Lipinski definition) is 3. The lowest BCUT2D eigenvalue weighted by molar-refractivity contribution is -0.141. The average Bonchev–Trinajstić information content (AvgIpc) is 2.80. The number of esters is 1. The Bertz CT molecular complexity index is 767. The lowest BCUT2D eigenvalue weighted by Crippen LogP contribution is -2.46. The quantitative estimate of drug-likeness (QED) is 0.344. The van der Waals surface area contributed by atoms with Gasteiger partial charge in [-0.3, -0.25) is 0 Å². The Morgan fingerprint density at radius 2 is 1.84 bits per heavy atom. The maximum atomic E-state index is 13.1. The number of anilines is 1. The number of carbonyl (C=O) groups is 2. The molecule has 0 aromatic heterocycles. The third kappa shape index (κ3) is 6.49. The summed E-state index contributed by atoms with van der Waals surface area (Å²) in [5.74, 6) is 0.118. The highest BCUT2D eigenvalue weighted by Crippen LogP contribution is 2.30. The van der Waals surface area contributed by atoms with Gasteiger partial charge in [0, 0.05) is 17.9 Å². The van der Waals surface area contributed by atoms with E-state index < -0.39 is 6.04 Å². The fourth-order valence-electron chi connectivity index (χ4n) is 4.41. The van der Waals surface area contributed by atoms with E-state index in [0.29, 0.717) is 30.2 Å². The van der Waals surface area contributed by atoms with Crippen molar-refractivity contribution in [1.82, 2.24) is 10.6 Å². The van der Waals surface area contributed by atoms with Gasteiger partial charge in [-0.25, -0.2) is 9.59 Å². The summed E-state index contributed by atoms with van der Waals surface area (Å²) < 4.78 is 5.74. The number of benzene rings is 1. The van der Waals surface area contributed by atoms with Crippen molar-refractivity contribution in [2.75, 3.05) is 18.5 Å². The third-order valence-corrected chi connectivity index (χ3v) is 6.26. The van der Waals surface area contributed by atoms with Crippen LogP contribution in [0.3, 0.4) is 0 Å². The van der Waals surface area contributed by atoms with E-state index in [2.05, 4.69) is 22.9 Å². The normalized spacial score (nSPS) is 19.5. The van der Waals surface area contributed by atoms with Gasteiger partial charge in [-0.2, -0.15) is 0 Å². The minimum absolute atomic E-state index is 0.285. The molecule has 1 aromatic rings. The largest absolute Gasteiger partial charge is 0.462 e. The zero-order valence-electron chi connectivity index (χ0n) is 19.0. The molecule has 1 saturated carbocycles. The number of amides is 2. The molecule has 1 aromatic carbocycles. The van der Waals surface area contributed by atoms with Crippen LogP contribution in [0.1, 0.15) is 83.2 Å². The molecule has 0 radical (unpaired) electrons. The second-order valence-electron chi connectivity index (χ2n) is 8.64. The number of ether oxygens (including phenoxy) is 1. The van der Waals surface area contributed by atoms with Gasteiger partial charge in [0.05, 0.1) is 18.2 Å². The molecule has 0 bridgehead atoms. The lowest BCUT2D eigenvalue weighted by atomic mass is 9.90. The molecule has 0 saturated heterocycles. The summed E-state index contributed by atoms with van der Waals surface area (Å²) >= 11 is 0. The van der Waals surface area contributed by atoms with Crippen molar-refractivity contribution >= 4 is 17.7 Å². The Morgan fingerprint density at radius 1 is 1.10 bits per heavy atom. The molecule has 31 heavy (non-hydrogen) atoms. The van der Waals surface area contributed by atoms with Crippen LogP contribution < -0.4 is 16.0 Å². The summed E-state index contributed by atoms with van der Waals surface area (Å²) in [6.45, 7) is 5.53. The molecular formula is C25H37N3O3. The minimum atomic E-state index is -0.503. The monoisotopic (exact) mass is 427 g/mol. The van der Waals surface area contributed by atoms with Crippen LogP contribution >= 0.6 is 0 Å². The maximum Gasteiger partial charge on any atom is 0.338 e. The van der Waals surface area contributed by atoms with E-state index in [1.54, 1.807) is 0 Å². The molecule has 170 valence electrons. The number of carbonyl (C=O) groups excluding carboxylic acids is 2. The summed E-state index contributed by atoms with van der Waals surface area (Å²) in [7, 11) is 0. The summed E-state index contributed by atoms with van der Waals surface area (Å²) in [6, 6.07) is 7.17. The zero-order valence-corrected chi connectivity index (χ0v) is 19.0. The molecule has 3 N–H and O–H groups in total. The number of rotatable bonds is 10. The average molecular weight is 428 g/mol. The van der Waals surface area contributed by atoms with Crippen LogP contribution in [0.15, 0.2) is 35.5 Å². The molecule has 2 aliphatic rings. The van der Waals surface area contributed by atoms with Gasteiger partial charge in [-0.1, -0.05) is 58.1 Å². The van der Waals surface area contributed by atoms with Crippen molar-refractivity contribution in [1.29, 1.82) is 0 Å². The van der Waals surface area contributed by atoms with E-state index in [-0.39, 0.29) is 12.0 Å². The van der Waals surface area contributed by atoms with E-state index in [0.717, 1.165) is 37.1 Å². The smallest absolute Gasteiger partial charge is 0.338 e. The molecule has 6 nitrogen and oxygen atoms in total. The van der Waals surface area contributed by atoms with Crippen LogP contribution in [0.25, 0.3) is 0 Å². The summed E-state index contributed by atoms with van der Waals surface area (Å²) in [5, 5.41) is 9.14. The first-order chi connectivity index (χ1) is 15.1. The SMILES string of the molecule is CCCCCNc1ccc(C2NC(=O)NC(CC)=C2C(=O)OCC2CCCCC2)cc1. The van der Waals surface area contributed by atoms with Gasteiger partial charge in [0.2, 0.25) is 0 Å². The van der Waals surface area contributed by atoms with Crippen LogP contribution in [0.4, 0.5) is 10.5 Å². The van der Waals surface area contributed by atoms with Crippen molar-refractivity contribution < 1.29 is 14.3 Å². The van der Waals surface area contributed by atoms with Gasteiger partial charge in [-0.15, -0.1) is 0 Å². The minimum Gasteiger partial charge on any atom is -0.462 e. The summed E-state index contributed by atoms with van der Waals surface area (Å²) in [6.07, 6.45) is 10.1. The van der Waals surface area contributed by atoms with E-state index >= 15 is 0 Å². The fraction of sp³-hybridized carbons (Fsp3) is 0.600. The van der Waals surface area contributed by atoms with Crippen LogP contribution in [-0.2, 0) is 9.53 Å². The first kappa shape index (κ1) is 23.2. The van der Waals surface area contributed by atoms with E-state index in [4.69, 9.17) is 4.74 Å². The van der Waals surface area contributed by atoms with Crippen molar-refractivity contribution in [3.63, 3.8) is 0 Å². The Morgan fingerprint density at radius 3 is 2.52 bits per heavy atom. The molecule has 1 unspecified atom stereocenters. The zero-order chi connectivity index (χ0) is 22.1. The lowest BCUT2D eigenvalue weighted by Gasteiger charge is -2.30. The number of unbranched alkanes of at least 4 members (excludes halogenated alkanes) is 2. The van der Waals surface area contributed by atoms with Crippen molar-refractivity contribution in [2.24, 2.45) is 5.92 Å². The molecular weight excluding hydrogens is 390 g/mol. The topological polar surface area (TPSA) is 79.5 Å². The van der Waals surface area contributed by atoms with Gasteiger partial charge < -0.3 is 20.7 Å². The number of allylic oxidation sites excluding steroid dienone is 1. The molecule has 1 fully saturated rings. The van der Waals surface area contributed by atoms with Gasteiger partial charge in [0.15, 0.2) is 0 Å². The van der Waals surface area contributed by atoms with Crippen LogP contribution in [0.2, 0.25) is 0 Å². The fourth-order valence-corrected chi connectivity index (χ4v) is 4.41. The van der Waals surface area contributed by atoms with Crippen LogP contribution in [-0.4, -0.2) is 25.2 Å².